The van der Waals surface area contributed by atoms with Crippen molar-refractivity contribution >= 4 is 40.1 Å². The molecule has 7 nitrogen and oxygen atoms in total. The van der Waals surface area contributed by atoms with Crippen LogP contribution in [0.3, 0.4) is 0 Å². The van der Waals surface area contributed by atoms with Crippen molar-refractivity contribution < 1.29 is 23.1 Å². The Morgan fingerprint density at radius 1 is 1.27 bits per heavy atom. The van der Waals surface area contributed by atoms with Gasteiger partial charge in [-0.05, 0) is 49.8 Å². The van der Waals surface area contributed by atoms with Gasteiger partial charge in [-0.15, -0.1) is 6.42 Å². The van der Waals surface area contributed by atoms with Crippen molar-refractivity contribution in [3.05, 3.63) is 70.7 Å². The quantitative estimate of drug-likeness (QED) is 0.360. The Hall–Kier alpha value is -3.93. The summed E-state index contributed by atoms with van der Waals surface area (Å²) in [5, 5.41) is 5.97. The van der Waals surface area contributed by atoms with Gasteiger partial charge in [-0.1, -0.05) is 35.7 Å². The van der Waals surface area contributed by atoms with Gasteiger partial charge in [-0.3, -0.25) is 9.59 Å². The fourth-order valence-electron chi connectivity index (χ4n) is 4.08. The number of pyridine rings is 1. The van der Waals surface area contributed by atoms with Gasteiger partial charge in [0.25, 0.3) is 5.91 Å². The molecular formula is C28H25ClFN3O4. The second-order valence-electron chi connectivity index (χ2n) is 9.04. The molecule has 3 aromatic rings. The minimum Gasteiger partial charge on any atom is -0.437 e. The number of halogens is 2. The van der Waals surface area contributed by atoms with E-state index in [2.05, 4.69) is 21.5 Å². The first-order chi connectivity index (χ1) is 17.6. The van der Waals surface area contributed by atoms with E-state index < -0.39 is 29.3 Å². The maximum absolute atomic E-state index is 13.5. The lowest BCUT2D eigenvalue weighted by molar-refractivity contribution is -0.127. The number of aromatic nitrogens is 1. The van der Waals surface area contributed by atoms with Crippen LogP contribution in [0.2, 0.25) is 5.15 Å². The van der Waals surface area contributed by atoms with Gasteiger partial charge < -0.3 is 19.8 Å². The zero-order chi connectivity index (χ0) is 26.9. The van der Waals surface area contributed by atoms with E-state index in [1.54, 1.807) is 38.1 Å². The Bertz CT molecular complexity index is 1480. The van der Waals surface area contributed by atoms with Crippen LogP contribution in [0.25, 0.3) is 28.0 Å². The van der Waals surface area contributed by atoms with Gasteiger partial charge in [-0.25, -0.2) is 9.37 Å². The smallest absolute Gasteiger partial charge is 0.255 e. The van der Waals surface area contributed by atoms with Crippen molar-refractivity contribution in [3.63, 3.8) is 0 Å². The number of ether oxygens (including phenoxy) is 1. The maximum atomic E-state index is 13.5. The zero-order valence-corrected chi connectivity index (χ0v) is 21.4. The van der Waals surface area contributed by atoms with E-state index in [9.17, 15) is 14.0 Å². The molecule has 2 N–H and O–H groups in total. The average molecular weight is 522 g/mol. The monoisotopic (exact) mass is 521 g/mol. The number of fused-ring (bicyclic) bond motifs is 1. The molecule has 0 bridgehead atoms. The highest BCUT2D eigenvalue weighted by Gasteiger charge is 2.32. The molecule has 2 atom stereocenters. The standard InChI is InChI=1S/C28H25ClFN3O4/c1-6-28(2,3)33-25(34)19-13-16(9-12-21(19)36-5)18-14-20-22(26(35)31-4)23(37-27(20)32-24(18)29)15-7-10-17(30)11-8-15/h1,7-14,19,21H,2-5H3,(H,31,35)(H,33,34). The third kappa shape index (κ3) is 5.15. The molecule has 2 unspecified atom stereocenters. The number of methoxy groups -OCH3 is 1. The van der Waals surface area contributed by atoms with Gasteiger partial charge in [0.15, 0.2) is 0 Å². The number of carbonyl (C=O) groups is 2. The molecule has 9 heteroatoms. The Kier molecular flexibility index (Phi) is 7.21. The topological polar surface area (TPSA) is 93.5 Å². The number of carbonyl (C=O) groups excluding carboxylic acids is 2. The molecule has 0 saturated carbocycles. The lowest BCUT2D eigenvalue weighted by Gasteiger charge is -2.28. The Balaban J connectivity index is 1.84. The van der Waals surface area contributed by atoms with E-state index in [1.807, 2.05) is 0 Å². The van der Waals surface area contributed by atoms with Crippen molar-refractivity contribution in [2.45, 2.75) is 25.5 Å². The van der Waals surface area contributed by atoms with Crippen molar-refractivity contribution in [1.29, 1.82) is 0 Å². The molecule has 2 heterocycles. The molecule has 1 aromatic carbocycles. The van der Waals surface area contributed by atoms with Crippen molar-refractivity contribution in [2.75, 3.05) is 14.2 Å². The Labute approximate surface area is 218 Å². The summed E-state index contributed by atoms with van der Waals surface area (Å²) in [6.45, 7) is 3.45. The highest BCUT2D eigenvalue weighted by atomic mass is 35.5. The summed E-state index contributed by atoms with van der Waals surface area (Å²) in [5.74, 6) is 0.951. The summed E-state index contributed by atoms with van der Waals surface area (Å²) in [6, 6.07) is 7.27. The van der Waals surface area contributed by atoms with Gasteiger partial charge >= 0.3 is 0 Å². The minimum atomic E-state index is -0.849. The Morgan fingerprint density at radius 3 is 2.59 bits per heavy atom. The first-order valence-electron chi connectivity index (χ1n) is 11.4. The summed E-state index contributed by atoms with van der Waals surface area (Å²) >= 11 is 6.55. The van der Waals surface area contributed by atoms with E-state index in [0.29, 0.717) is 22.1 Å². The molecule has 2 amide bonds. The predicted molar refractivity (Wildman–Crippen MR) is 140 cm³/mol. The maximum Gasteiger partial charge on any atom is 0.255 e. The first kappa shape index (κ1) is 26.1. The molecule has 0 saturated heterocycles. The van der Waals surface area contributed by atoms with Gasteiger partial charge in [0.2, 0.25) is 11.6 Å². The fraction of sp³-hybridized carbons (Fsp3) is 0.250. The summed E-state index contributed by atoms with van der Waals surface area (Å²) in [5.41, 5.74) is 1.13. The van der Waals surface area contributed by atoms with Gasteiger partial charge in [0.05, 0.1) is 28.5 Å². The van der Waals surface area contributed by atoms with Gasteiger partial charge in [0, 0.05) is 25.3 Å². The molecule has 2 aromatic heterocycles. The molecular weight excluding hydrogens is 497 g/mol. The summed E-state index contributed by atoms with van der Waals surface area (Å²) in [6.07, 6.45) is 10.3. The van der Waals surface area contributed by atoms with Crippen LogP contribution in [0.1, 0.15) is 29.8 Å². The largest absolute Gasteiger partial charge is 0.437 e. The van der Waals surface area contributed by atoms with E-state index in [4.69, 9.17) is 27.2 Å². The van der Waals surface area contributed by atoms with Crippen molar-refractivity contribution in [3.8, 4) is 23.7 Å². The number of allylic oxidation sites excluding steroid dienone is 2. The number of nitrogens with zero attached hydrogens (tertiary/aromatic N) is 1. The fourth-order valence-corrected chi connectivity index (χ4v) is 4.32. The number of hydrogen-bond acceptors (Lipinski definition) is 5. The second-order valence-corrected chi connectivity index (χ2v) is 9.40. The van der Waals surface area contributed by atoms with Gasteiger partial charge in [0.1, 0.15) is 16.7 Å². The lowest BCUT2D eigenvalue weighted by atomic mass is 9.89. The lowest BCUT2D eigenvalue weighted by Crippen LogP contribution is -2.47. The number of hydrogen-bond donors (Lipinski definition) is 2. The van der Waals surface area contributed by atoms with Crippen molar-refractivity contribution in [1.82, 2.24) is 15.6 Å². The summed E-state index contributed by atoms with van der Waals surface area (Å²) < 4.78 is 24.9. The first-order valence-corrected chi connectivity index (χ1v) is 11.8. The van der Waals surface area contributed by atoms with E-state index >= 15 is 0 Å². The molecule has 0 radical (unpaired) electrons. The molecule has 37 heavy (non-hydrogen) atoms. The number of amides is 2. The second kappa shape index (κ2) is 10.2. The SMILES string of the molecule is C#CC(C)(C)NC(=O)C1C=C(c2cc3c(C(=O)NC)c(-c4ccc(F)cc4)oc3nc2Cl)C=CC1OC. The number of benzene rings is 1. The van der Waals surface area contributed by atoms with Crippen LogP contribution in [0, 0.1) is 24.1 Å². The molecule has 190 valence electrons. The van der Waals surface area contributed by atoms with E-state index in [1.165, 1.54) is 38.4 Å². The van der Waals surface area contributed by atoms with Crippen molar-refractivity contribution in [2.24, 2.45) is 5.92 Å². The minimum absolute atomic E-state index is 0.116. The number of terminal acetylenes is 1. The number of nitrogens with one attached hydrogen (secondary N) is 2. The van der Waals surface area contributed by atoms with E-state index in [0.717, 1.165) is 0 Å². The third-order valence-electron chi connectivity index (χ3n) is 6.06. The number of furan rings is 1. The Morgan fingerprint density at radius 2 is 1.97 bits per heavy atom. The van der Waals surface area contributed by atoms with Crippen LogP contribution in [-0.4, -0.2) is 42.6 Å². The van der Waals surface area contributed by atoms with Crippen LogP contribution in [-0.2, 0) is 9.53 Å². The third-order valence-corrected chi connectivity index (χ3v) is 6.35. The van der Waals surface area contributed by atoms with Crippen LogP contribution >= 0.6 is 11.6 Å². The molecule has 1 aliphatic rings. The molecule has 0 fully saturated rings. The summed E-state index contributed by atoms with van der Waals surface area (Å²) in [4.78, 5) is 30.3. The average Bonchev–Trinajstić information content (AvgIpc) is 3.25. The zero-order valence-electron chi connectivity index (χ0n) is 20.7. The predicted octanol–water partition coefficient (Wildman–Crippen LogP) is 4.76. The van der Waals surface area contributed by atoms with Crippen LogP contribution in [0.15, 0.2) is 53.0 Å². The number of rotatable bonds is 6. The van der Waals surface area contributed by atoms with Crippen LogP contribution < -0.4 is 10.6 Å². The van der Waals surface area contributed by atoms with E-state index in [-0.39, 0.29) is 28.1 Å². The summed E-state index contributed by atoms with van der Waals surface area (Å²) in [7, 11) is 3.01. The van der Waals surface area contributed by atoms with Gasteiger partial charge in [-0.2, -0.15) is 0 Å². The molecule has 0 spiro atoms. The highest BCUT2D eigenvalue weighted by Crippen LogP contribution is 2.38. The molecule has 1 aliphatic carbocycles. The molecule has 4 rings (SSSR count). The van der Waals surface area contributed by atoms with Crippen LogP contribution in [0.5, 0.6) is 0 Å². The molecule has 0 aliphatic heterocycles. The highest BCUT2D eigenvalue weighted by molar-refractivity contribution is 6.32. The normalized spacial score (nSPS) is 17.3. The van der Waals surface area contributed by atoms with Crippen LogP contribution in [0.4, 0.5) is 4.39 Å².